The molecule has 1 amide bonds. The molecule has 15 heavy (non-hydrogen) atoms. The second kappa shape index (κ2) is 2.82. The number of ether oxygens (including phenoxy) is 1. The highest BCUT2D eigenvalue weighted by atomic mass is 16.5. The number of nitrogens with one attached hydrogen (secondary N) is 1. The molecule has 1 aliphatic carbocycles. The maximum atomic E-state index is 11.2. The molecule has 0 bridgehead atoms. The van der Waals surface area contributed by atoms with E-state index in [1.807, 2.05) is 6.08 Å². The fourth-order valence-corrected chi connectivity index (χ4v) is 1.98. The Morgan fingerprint density at radius 1 is 1.53 bits per heavy atom. The normalized spacial score (nSPS) is 17.4. The van der Waals surface area contributed by atoms with Crippen LogP contribution in [0.25, 0.3) is 6.08 Å². The van der Waals surface area contributed by atoms with Crippen LogP contribution >= 0.6 is 0 Å². The minimum absolute atomic E-state index is 0.0832. The first-order valence-corrected chi connectivity index (χ1v) is 4.86. The summed E-state index contributed by atoms with van der Waals surface area (Å²) in [5.74, 6) is 0.580. The smallest absolute Gasteiger partial charge is 0.262 e. The third-order valence-corrected chi connectivity index (χ3v) is 2.64. The summed E-state index contributed by atoms with van der Waals surface area (Å²) in [6.45, 7) is 2.14. The maximum absolute atomic E-state index is 11.2. The van der Waals surface area contributed by atoms with Crippen LogP contribution in [0.2, 0.25) is 0 Å². The number of pyridine rings is 1. The van der Waals surface area contributed by atoms with Gasteiger partial charge in [-0.15, -0.1) is 0 Å². The lowest BCUT2D eigenvalue weighted by molar-refractivity contribution is -0.118. The van der Waals surface area contributed by atoms with Crippen molar-refractivity contribution in [3.8, 4) is 5.75 Å². The number of hydrogen-bond donors (Lipinski definition) is 1. The minimum atomic E-state index is -0.0968. The van der Waals surface area contributed by atoms with E-state index in [4.69, 9.17) is 4.74 Å². The largest absolute Gasteiger partial charge is 0.480 e. The number of carbonyl (C=O) groups excluding carboxylic acids is 1. The molecule has 0 atom stereocenters. The van der Waals surface area contributed by atoms with E-state index in [2.05, 4.69) is 17.2 Å². The fraction of sp³-hybridized carbons (Fsp3) is 0.273. The monoisotopic (exact) mass is 202 g/mol. The van der Waals surface area contributed by atoms with Crippen LogP contribution in [0, 0.1) is 0 Å². The van der Waals surface area contributed by atoms with Crippen LogP contribution in [0.5, 0.6) is 5.75 Å². The first kappa shape index (κ1) is 8.47. The zero-order valence-electron chi connectivity index (χ0n) is 8.33. The summed E-state index contributed by atoms with van der Waals surface area (Å²) in [6.07, 6.45) is 4.55. The van der Waals surface area contributed by atoms with Gasteiger partial charge in [0.05, 0.1) is 17.6 Å². The van der Waals surface area contributed by atoms with E-state index >= 15 is 0 Å². The highest BCUT2D eigenvalue weighted by molar-refractivity contribution is 5.97. The second-order valence-corrected chi connectivity index (χ2v) is 3.87. The number of nitrogens with zero attached hydrogens (tertiary/aromatic N) is 1. The van der Waals surface area contributed by atoms with Gasteiger partial charge in [0, 0.05) is 5.56 Å². The van der Waals surface area contributed by atoms with E-state index < -0.39 is 0 Å². The molecular weight excluding hydrogens is 192 g/mol. The summed E-state index contributed by atoms with van der Waals surface area (Å²) >= 11 is 0. The molecule has 76 valence electrons. The summed E-state index contributed by atoms with van der Waals surface area (Å²) in [4.78, 5) is 15.5. The van der Waals surface area contributed by atoms with E-state index in [-0.39, 0.29) is 12.5 Å². The summed E-state index contributed by atoms with van der Waals surface area (Å²) in [7, 11) is 0. The lowest BCUT2D eigenvalue weighted by Crippen LogP contribution is -2.26. The molecule has 0 fully saturated rings. The van der Waals surface area contributed by atoms with Gasteiger partial charge in [-0.1, -0.05) is 5.57 Å². The number of aromatic nitrogens is 1. The van der Waals surface area contributed by atoms with E-state index in [0.29, 0.717) is 5.75 Å². The first-order chi connectivity index (χ1) is 7.24. The average molecular weight is 202 g/mol. The van der Waals surface area contributed by atoms with Crippen LogP contribution in [0.4, 0.5) is 5.69 Å². The molecule has 1 aromatic heterocycles. The topological polar surface area (TPSA) is 51.2 Å². The number of rotatable bonds is 0. The van der Waals surface area contributed by atoms with Crippen LogP contribution < -0.4 is 10.1 Å². The van der Waals surface area contributed by atoms with Gasteiger partial charge in [-0.2, -0.15) is 0 Å². The third-order valence-electron chi connectivity index (χ3n) is 2.64. The molecule has 0 saturated heterocycles. The number of hydrogen-bond acceptors (Lipinski definition) is 3. The van der Waals surface area contributed by atoms with Crippen LogP contribution in [-0.2, 0) is 11.2 Å². The predicted molar refractivity (Wildman–Crippen MR) is 55.7 cm³/mol. The Bertz CT molecular complexity index is 492. The predicted octanol–water partition coefficient (Wildman–Crippen LogP) is 1.37. The minimum Gasteiger partial charge on any atom is -0.480 e. The van der Waals surface area contributed by atoms with Gasteiger partial charge < -0.3 is 10.1 Å². The van der Waals surface area contributed by atoms with Crippen molar-refractivity contribution < 1.29 is 9.53 Å². The Morgan fingerprint density at radius 3 is 3.27 bits per heavy atom. The zero-order chi connectivity index (χ0) is 10.4. The average Bonchev–Trinajstić information content (AvgIpc) is 2.58. The van der Waals surface area contributed by atoms with Crippen molar-refractivity contribution in [2.45, 2.75) is 13.3 Å². The molecule has 0 spiro atoms. The lowest BCUT2D eigenvalue weighted by Gasteiger charge is -2.19. The number of amides is 1. The van der Waals surface area contributed by atoms with Gasteiger partial charge in [0.15, 0.2) is 12.4 Å². The third kappa shape index (κ3) is 1.21. The second-order valence-electron chi connectivity index (χ2n) is 3.87. The molecule has 1 aromatic rings. The molecule has 2 aliphatic rings. The molecule has 3 rings (SSSR count). The van der Waals surface area contributed by atoms with Gasteiger partial charge in [0.2, 0.25) is 0 Å². The van der Waals surface area contributed by atoms with Crippen LogP contribution in [0.1, 0.15) is 18.2 Å². The van der Waals surface area contributed by atoms with Crippen molar-refractivity contribution in [1.29, 1.82) is 0 Å². The molecule has 4 heteroatoms. The van der Waals surface area contributed by atoms with Crippen LogP contribution in [0.15, 0.2) is 11.8 Å². The highest BCUT2D eigenvalue weighted by Gasteiger charge is 2.24. The van der Waals surface area contributed by atoms with Crippen molar-refractivity contribution in [3.63, 3.8) is 0 Å². The van der Waals surface area contributed by atoms with Gasteiger partial charge in [-0.25, -0.2) is 0 Å². The Labute approximate surface area is 87.0 Å². The van der Waals surface area contributed by atoms with Gasteiger partial charge in [-0.3, -0.25) is 9.78 Å². The van der Waals surface area contributed by atoms with Crippen molar-refractivity contribution >= 4 is 17.7 Å². The van der Waals surface area contributed by atoms with Crippen molar-refractivity contribution in [2.75, 3.05) is 11.9 Å². The summed E-state index contributed by atoms with van der Waals surface area (Å²) in [5, 5.41) is 2.84. The summed E-state index contributed by atoms with van der Waals surface area (Å²) in [5.41, 5.74) is 4.06. The van der Waals surface area contributed by atoms with Gasteiger partial charge in [0.1, 0.15) is 0 Å². The quantitative estimate of drug-likeness (QED) is 0.691. The summed E-state index contributed by atoms with van der Waals surface area (Å²) in [6, 6.07) is 0. The number of fused-ring (bicyclic) bond motifs is 3. The first-order valence-electron chi connectivity index (χ1n) is 4.86. The zero-order valence-corrected chi connectivity index (χ0v) is 8.33. The highest BCUT2D eigenvalue weighted by Crippen LogP contribution is 2.37. The Kier molecular flexibility index (Phi) is 1.59. The van der Waals surface area contributed by atoms with Crippen LogP contribution in [-0.4, -0.2) is 17.5 Å². The molecule has 2 heterocycles. The number of anilines is 1. The molecule has 0 unspecified atom stereocenters. The van der Waals surface area contributed by atoms with E-state index in [1.54, 1.807) is 6.20 Å². The van der Waals surface area contributed by atoms with Gasteiger partial charge >= 0.3 is 0 Å². The van der Waals surface area contributed by atoms with Crippen molar-refractivity contribution in [1.82, 2.24) is 4.98 Å². The lowest BCUT2D eigenvalue weighted by atomic mass is 10.1. The molecule has 0 radical (unpaired) electrons. The fourth-order valence-electron chi connectivity index (χ4n) is 1.98. The SMILES string of the molecule is CC1=Cc2ncc3c(c2C1)NC(=O)CO3. The van der Waals surface area contributed by atoms with Crippen LogP contribution in [0.3, 0.4) is 0 Å². The molecule has 0 saturated carbocycles. The van der Waals surface area contributed by atoms with Crippen molar-refractivity contribution in [2.24, 2.45) is 0 Å². The Morgan fingerprint density at radius 2 is 2.40 bits per heavy atom. The van der Waals surface area contributed by atoms with Crippen molar-refractivity contribution in [3.05, 3.63) is 23.0 Å². The standard InChI is InChI=1S/C11H10N2O2/c1-6-2-7-8(3-6)12-4-9-11(7)13-10(14)5-15-9/h3-4H,2,5H2,1H3,(H,13,14). The molecule has 1 N–H and O–H groups in total. The van der Waals surface area contributed by atoms with Gasteiger partial charge in [-0.05, 0) is 19.4 Å². The molecule has 1 aliphatic heterocycles. The van der Waals surface area contributed by atoms with Gasteiger partial charge in [0.25, 0.3) is 5.91 Å². The number of carbonyl (C=O) groups is 1. The Balaban J connectivity index is 2.15. The van der Waals surface area contributed by atoms with E-state index in [0.717, 1.165) is 23.4 Å². The summed E-state index contributed by atoms with van der Waals surface area (Å²) < 4.78 is 5.30. The molecular formula is C11H10N2O2. The molecule has 0 aromatic carbocycles. The number of allylic oxidation sites excluding steroid dienone is 1. The van der Waals surface area contributed by atoms with E-state index in [9.17, 15) is 4.79 Å². The molecule has 4 nitrogen and oxygen atoms in total. The van der Waals surface area contributed by atoms with E-state index in [1.165, 1.54) is 5.57 Å². The maximum Gasteiger partial charge on any atom is 0.262 e. The Hall–Kier alpha value is -1.84.